The van der Waals surface area contributed by atoms with Gasteiger partial charge >= 0.3 is 0 Å². The van der Waals surface area contributed by atoms with E-state index in [1.54, 1.807) is 0 Å². The molecule has 0 aromatic carbocycles. The van der Waals surface area contributed by atoms with E-state index in [1.807, 2.05) is 0 Å². The fraction of sp³-hybridized carbons (Fsp3) is 1.00. The predicted molar refractivity (Wildman–Crippen MR) is 74.1 cm³/mol. The molecule has 1 atom stereocenters. The SMILES string of the molecule is CC(C)C(CBr)COC1CCC(C)(C)CC1. The second-order valence-corrected chi connectivity index (χ2v) is 7.00. The van der Waals surface area contributed by atoms with Crippen molar-refractivity contribution in [3.8, 4) is 0 Å². The molecule has 0 radical (unpaired) electrons. The van der Waals surface area contributed by atoms with Gasteiger partial charge in [0.25, 0.3) is 0 Å². The molecule has 0 aromatic heterocycles. The molecule has 0 aliphatic heterocycles. The van der Waals surface area contributed by atoms with Crippen LogP contribution in [0.15, 0.2) is 0 Å². The largest absolute Gasteiger partial charge is 0.378 e. The first kappa shape index (κ1) is 14.5. The van der Waals surface area contributed by atoms with Crippen LogP contribution in [0.4, 0.5) is 0 Å². The van der Waals surface area contributed by atoms with Crippen molar-refractivity contribution >= 4 is 15.9 Å². The van der Waals surface area contributed by atoms with E-state index in [0.29, 0.717) is 23.4 Å². The maximum absolute atomic E-state index is 6.06. The van der Waals surface area contributed by atoms with Crippen LogP contribution in [-0.2, 0) is 4.74 Å². The Bertz CT molecular complexity index is 191. The van der Waals surface area contributed by atoms with E-state index in [0.717, 1.165) is 11.9 Å². The fourth-order valence-corrected chi connectivity index (χ4v) is 3.15. The maximum atomic E-state index is 6.06. The van der Waals surface area contributed by atoms with Crippen LogP contribution in [0.1, 0.15) is 53.4 Å². The highest BCUT2D eigenvalue weighted by Crippen LogP contribution is 2.36. The Morgan fingerprint density at radius 3 is 2.25 bits per heavy atom. The summed E-state index contributed by atoms with van der Waals surface area (Å²) in [5.41, 5.74) is 0.548. The molecular weight excluding hydrogens is 264 g/mol. The molecule has 0 amide bonds. The van der Waals surface area contributed by atoms with Crippen LogP contribution in [0.25, 0.3) is 0 Å². The normalized spacial score (nSPS) is 23.6. The Hall–Kier alpha value is 0.440. The summed E-state index contributed by atoms with van der Waals surface area (Å²) >= 11 is 3.58. The Labute approximate surface area is 109 Å². The van der Waals surface area contributed by atoms with Gasteiger partial charge in [-0.25, -0.2) is 0 Å². The van der Waals surface area contributed by atoms with Gasteiger partial charge in [0, 0.05) is 5.33 Å². The Balaban J connectivity index is 2.24. The quantitative estimate of drug-likeness (QED) is 0.671. The van der Waals surface area contributed by atoms with Crippen molar-refractivity contribution in [1.82, 2.24) is 0 Å². The molecule has 96 valence electrons. The zero-order chi connectivity index (χ0) is 12.2. The van der Waals surface area contributed by atoms with E-state index in [4.69, 9.17) is 4.74 Å². The zero-order valence-electron chi connectivity index (χ0n) is 11.3. The molecule has 1 fully saturated rings. The van der Waals surface area contributed by atoms with Crippen molar-refractivity contribution in [3.05, 3.63) is 0 Å². The van der Waals surface area contributed by atoms with Gasteiger partial charge in [-0.1, -0.05) is 43.6 Å². The molecule has 1 aliphatic carbocycles. The van der Waals surface area contributed by atoms with E-state index < -0.39 is 0 Å². The summed E-state index contributed by atoms with van der Waals surface area (Å²) in [6, 6.07) is 0. The minimum atomic E-state index is 0.522. The molecule has 0 spiro atoms. The third-order valence-corrected chi connectivity index (χ3v) is 4.80. The highest BCUT2D eigenvalue weighted by molar-refractivity contribution is 9.09. The third-order valence-electron chi connectivity index (χ3n) is 3.97. The maximum Gasteiger partial charge on any atom is 0.0575 e. The van der Waals surface area contributed by atoms with E-state index in [2.05, 4.69) is 43.6 Å². The molecule has 1 nitrogen and oxygen atoms in total. The predicted octanol–water partition coefficient (Wildman–Crippen LogP) is 4.64. The van der Waals surface area contributed by atoms with Gasteiger partial charge in [0.05, 0.1) is 12.7 Å². The Morgan fingerprint density at radius 2 is 1.81 bits per heavy atom. The molecular formula is C14H27BrO. The summed E-state index contributed by atoms with van der Waals surface area (Å²) in [5.74, 6) is 1.37. The van der Waals surface area contributed by atoms with Gasteiger partial charge in [0.15, 0.2) is 0 Å². The molecule has 0 bridgehead atoms. The van der Waals surface area contributed by atoms with Gasteiger partial charge in [-0.3, -0.25) is 0 Å². The van der Waals surface area contributed by atoms with Crippen molar-refractivity contribution in [2.45, 2.75) is 59.5 Å². The standard InChI is InChI=1S/C14H27BrO/c1-11(2)12(9-15)10-16-13-5-7-14(3,4)8-6-13/h11-13H,5-10H2,1-4H3. The molecule has 0 N–H and O–H groups in total. The second kappa shape index (κ2) is 6.39. The van der Waals surface area contributed by atoms with Crippen LogP contribution in [0.2, 0.25) is 0 Å². The van der Waals surface area contributed by atoms with Crippen molar-refractivity contribution in [2.75, 3.05) is 11.9 Å². The lowest BCUT2D eigenvalue weighted by atomic mass is 9.76. The zero-order valence-corrected chi connectivity index (χ0v) is 12.8. The van der Waals surface area contributed by atoms with Crippen LogP contribution >= 0.6 is 15.9 Å². The van der Waals surface area contributed by atoms with E-state index in [9.17, 15) is 0 Å². The number of rotatable bonds is 5. The number of hydrogen-bond donors (Lipinski definition) is 0. The first-order valence-corrected chi connectivity index (χ1v) is 7.74. The highest BCUT2D eigenvalue weighted by Gasteiger charge is 2.27. The van der Waals surface area contributed by atoms with Crippen LogP contribution in [0.3, 0.4) is 0 Å². The van der Waals surface area contributed by atoms with Crippen LogP contribution in [0, 0.1) is 17.3 Å². The minimum Gasteiger partial charge on any atom is -0.378 e. The number of halogens is 1. The highest BCUT2D eigenvalue weighted by atomic mass is 79.9. The molecule has 1 saturated carbocycles. The lowest BCUT2D eigenvalue weighted by molar-refractivity contribution is -0.0149. The van der Waals surface area contributed by atoms with Gasteiger partial charge in [0.1, 0.15) is 0 Å². The molecule has 0 aromatic rings. The molecule has 1 unspecified atom stereocenters. The average Bonchev–Trinajstić information content (AvgIpc) is 2.20. The van der Waals surface area contributed by atoms with E-state index in [-0.39, 0.29) is 0 Å². The van der Waals surface area contributed by atoms with Gasteiger partial charge < -0.3 is 4.74 Å². The van der Waals surface area contributed by atoms with E-state index >= 15 is 0 Å². The minimum absolute atomic E-state index is 0.522. The van der Waals surface area contributed by atoms with Gasteiger partial charge in [-0.15, -0.1) is 0 Å². The van der Waals surface area contributed by atoms with Crippen LogP contribution < -0.4 is 0 Å². The summed E-state index contributed by atoms with van der Waals surface area (Å²) in [5, 5.41) is 1.06. The van der Waals surface area contributed by atoms with Crippen molar-refractivity contribution in [3.63, 3.8) is 0 Å². The van der Waals surface area contributed by atoms with Crippen LogP contribution in [0.5, 0.6) is 0 Å². The summed E-state index contributed by atoms with van der Waals surface area (Å²) < 4.78 is 6.06. The molecule has 1 aliphatic rings. The average molecular weight is 291 g/mol. The molecule has 2 heteroatoms. The summed E-state index contributed by atoms with van der Waals surface area (Å²) in [4.78, 5) is 0. The van der Waals surface area contributed by atoms with Crippen molar-refractivity contribution < 1.29 is 4.74 Å². The summed E-state index contributed by atoms with van der Waals surface area (Å²) in [7, 11) is 0. The van der Waals surface area contributed by atoms with E-state index in [1.165, 1.54) is 25.7 Å². The van der Waals surface area contributed by atoms with Gasteiger partial charge in [-0.2, -0.15) is 0 Å². The molecule has 0 heterocycles. The topological polar surface area (TPSA) is 9.23 Å². The number of ether oxygens (including phenoxy) is 1. The third kappa shape index (κ3) is 4.75. The number of alkyl halides is 1. The summed E-state index contributed by atoms with van der Waals surface area (Å²) in [6.07, 6.45) is 5.66. The first-order valence-electron chi connectivity index (χ1n) is 6.62. The lowest BCUT2D eigenvalue weighted by Crippen LogP contribution is -2.29. The Morgan fingerprint density at radius 1 is 1.25 bits per heavy atom. The summed E-state index contributed by atoms with van der Waals surface area (Å²) in [6.45, 7) is 10.2. The molecule has 0 saturated heterocycles. The molecule has 1 rings (SSSR count). The van der Waals surface area contributed by atoms with Gasteiger partial charge in [-0.05, 0) is 42.9 Å². The second-order valence-electron chi connectivity index (χ2n) is 6.36. The smallest absolute Gasteiger partial charge is 0.0575 e. The van der Waals surface area contributed by atoms with Crippen molar-refractivity contribution in [1.29, 1.82) is 0 Å². The monoisotopic (exact) mass is 290 g/mol. The lowest BCUT2D eigenvalue weighted by Gasteiger charge is -2.35. The van der Waals surface area contributed by atoms with Crippen molar-refractivity contribution in [2.24, 2.45) is 17.3 Å². The number of hydrogen-bond acceptors (Lipinski definition) is 1. The Kier molecular flexibility index (Phi) is 5.79. The first-order chi connectivity index (χ1) is 7.44. The molecule has 16 heavy (non-hydrogen) atoms. The van der Waals surface area contributed by atoms with Gasteiger partial charge in [0.2, 0.25) is 0 Å². The van der Waals surface area contributed by atoms with Crippen LogP contribution in [-0.4, -0.2) is 18.0 Å². The fourth-order valence-electron chi connectivity index (χ4n) is 2.21.